The van der Waals surface area contributed by atoms with Gasteiger partial charge in [0.2, 0.25) is 0 Å². The Labute approximate surface area is 123 Å². The SMILES string of the molecule is C=C1Cc2ccc(NC(=O)Nc3ccc(C)cc3)cc2N1. The molecule has 1 aliphatic heterocycles. The van der Waals surface area contributed by atoms with Crippen molar-refractivity contribution in [3.05, 3.63) is 65.9 Å². The van der Waals surface area contributed by atoms with E-state index in [1.807, 2.05) is 49.4 Å². The molecule has 2 amide bonds. The number of amides is 2. The van der Waals surface area contributed by atoms with Crippen LogP contribution < -0.4 is 16.0 Å². The molecule has 2 aromatic carbocycles. The van der Waals surface area contributed by atoms with Gasteiger partial charge in [-0.1, -0.05) is 30.3 Å². The minimum Gasteiger partial charge on any atom is -0.359 e. The highest BCUT2D eigenvalue weighted by atomic mass is 16.2. The molecule has 0 unspecified atom stereocenters. The summed E-state index contributed by atoms with van der Waals surface area (Å²) >= 11 is 0. The zero-order valence-electron chi connectivity index (χ0n) is 11.9. The summed E-state index contributed by atoms with van der Waals surface area (Å²) in [4.78, 5) is 12.0. The van der Waals surface area contributed by atoms with Crippen molar-refractivity contribution in [1.29, 1.82) is 0 Å². The fraction of sp³-hybridized carbons (Fsp3) is 0.118. The standard InChI is InChI=1S/C17H17N3O/c1-11-3-6-14(7-4-11)19-17(21)20-15-8-5-13-9-12(2)18-16(13)10-15/h3-8,10,18H,2,9H2,1H3,(H2,19,20,21). The van der Waals surface area contributed by atoms with Crippen molar-refractivity contribution in [1.82, 2.24) is 0 Å². The second-order valence-electron chi connectivity index (χ2n) is 5.22. The molecule has 4 heteroatoms. The number of hydrogen-bond acceptors (Lipinski definition) is 2. The number of hydrogen-bond donors (Lipinski definition) is 3. The molecule has 3 N–H and O–H groups in total. The van der Waals surface area contributed by atoms with Gasteiger partial charge in [0, 0.05) is 29.2 Å². The third kappa shape index (κ3) is 3.05. The molecular weight excluding hydrogens is 262 g/mol. The zero-order chi connectivity index (χ0) is 14.8. The van der Waals surface area contributed by atoms with Crippen LogP contribution in [0.3, 0.4) is 0 Å². The van der Waals surface area contributed by atoms with Gasteiger partial charge in [-0.15, -0.1) is 0 Å². The van der Waals surface area contributed by atoms with Crippen molar-refractivity contribution in [3.63, 3.8) is 0 Å². The van der Waals surface area contributed by atoms with Crippen LogP contribution in [0, 0.1) is 6.92 Å². The summed E-state index contributed by atoms with van der Waals surface area (Å²) in [5.74, 6) is 0. The highest BCUT2D eigenvalue weighted by Gasteiger charge is 2.13. The van der Waals surface area contributed by atoms with Crippen molar-refractivity contribution >= 4 is 23.1 Å². The van der Waals surface area contributed by atoms with Crippen molar-refractivity contribution in [2.24, 2.45) is 0 Å². The Balaban J connectivity index is 1.66. The molecule has 0 aliphatic carbocycles. The Kier molecular flexibility index (Phi) is 3.36. The predicted octanol–water partition coefficient (Wildman–Crippen LogP) is 4.12. The summed E-state index contributed by atoms with van der Waals surface area (Å²) in [7, 11) is 0. The van der Waals surface area contributed by atoms with Crippen molar-refractivity contribution in [2.45, 2.75) is 13.3 Å². The summed E-state index contributed by atoms with van der Waals surface area (Å²) < 4.78 is 0. The number of nitrogens with one attached hydrogen (secondary N) is 3. The van der Waals surface area contributed by atoms with Crippen LogP contribution in [0.5, 0.6) is 0 Å². The topological polar surface area (TPSA) is 53.2 Å². The number of rotatable bonds is 2. The second kappa shape index (κ2) is 5.32. The van der Waals surface area contributed by atoms with Crippen LogP contribution in [0.1, 0.15) is 11.1 Å². The van der Waals surface area contributed by atoms with E-state index in [9.17, 15) is 4.79 Å². The molecule has 0 radical (unpaired) electrons. The largest absolute Gasteiger partial charge is 0.359 e. The number of carbonyl (C=O) groups is 1. The van der Waals surface area contributed by atoms with E-state index in [1.54, 1.807) is 0 Å². The molecule has 106 valence electrons. The smallest absolute Gasteiger partial charge is 0.323 e. The fourth-order valence-electron chi connectivity index (χ4n) is 2.32. The van der Waals surface area contributed by atoms with Gasteiger partial charge in [0.05, 0.1) is 0 Å². The maximum atomic E-state index is 12.0. The van der Waals surface area contributed by atoms with Crippen LogP contribution in [0.4, 0.5) is 21.9 Å². The molecule has 0 saturated heterocycles. The van der Waals surface area contributed by atoms with Crippen LogP contribution >= 0.6 is 0 Å². The molecular formula is C17H17N3O. The number of urea groups is 1. The van der Waals surface area contributed by atoms with Crippen molar-refractivity contribution in [3.8, 4) is 0 Å². The van der Waals surface area contributed by atoms with Gasteiger partial charge in [0.25, 0.3) is 0 Å². The summed E-state index contributed by atoms with van der Waals surface area (Å²) in [6, 6.07) is 13.2. The van der Waals surface area contributed by atoms with E-state index in [2.05, 4.69) is 22.5 Å². The Morgan fingerprint density at radius 3 is 2.52 bits per heavy atom. The van der Waals surface area contributed by atoms with Gasteiger partial charge in [-0.25, -0.2) is 4.79 Å². The van der Waals surface area contributed by atoms with Crippen molar-refractivity contribution in [2.75, 3.05) is 16.0 Å². The quantitative estimate of drug-likeness (QED) is 0.774. The molecule has 21 heavy (non-hydrogen) atoms. The van der Waals surface area contributed by atoms with E-state index in [1.165, 1.54) is 5.56 Å². The molecule has 0 saturated carbocycles. The Morgan fingerprint density at radius 2 is 1.76 bits per heavy atom. The monoisotopic (exact) mass is 279 g/mol. The zero-order valence-corrected chi connectivity index (χ0v) is 11.9. The molecule has 4 nitrogen and oxygen atoms in total. The van der Waals surface area contributed by atoms with Crippen LogP contribution in [-0.2, 0) is 6.42 Å². The molecule has 2 aromatic rings. The molecule has 3 rings (SSSR count). The van der Waals surface area contributed by atoms with E-state index in [-0.39, 0.29) is 6.03 Å². The minimum atomic E-state index is -0.254. The van der Waals surface area contributed by atoms with E-state index in [0.29, 0.717) is 0 Å². The van der Waals surface area contributed by atoms with Crippen LogP contribution in [0.15, 0.2) is 54.7 Å². The van der Waals surface area contributed by atoms with Gasteiger partial charge < -0.3 is 16.0 Å². The first-order chi connectivity index (χ1) is 10.1. The Morgan fingerprint density at radius 1 is 1.10 bits per heavy atom. The number of aryl methyl sites for hydroxylation is 1. The lowest BCUT2D eigenvalue weighted by atomic mass is 10.1. The number of fused-ring (bicyclic) bond motifs is 1. The number of benzene rings is 2. The third-order valence-corrected chi connectivity index (χ3v) is 3.39. The van der Waals surface area contributed by atoms with E-state index < -0.39 is 0 Å². The summed E-state index contributed by atoms with van der Waals surface area (Å²) in [5, 5.41) is 8.84. The van der Waals surface area contributed by atoms with Gasteiger partial charge in [-0.3, -0.25) is 0 Å². The number of carbonyl (C=O) groups excluding carboxylic acids is 1. The van der Waals surface area contributed by atoms with Gasteiger partial charge in [-0.05, 0) is 36.8 Å². The lowest BCUT2D eigenvalue weighted by Gasteiger charge is -2.09. The van der Waals surface area contributed by atoms with E-state index in [4.69, 9.17) is 0 Å². The molecule has 0 fully saturated rings. The lowest BCUT2D eigenvalue weighted by molar-refractivity contribution is 0.262. The average Bonchev–Trinajstić information content (AvgIpc) is 2.80. The number of allylic oxidation sites excluding steroid dienone is 1. The fourth-order valence-corrected chi connectivity index (χ4v) is 2.32. The van der Waals surface area contributed by atoms with Gasteiger partial charge in [0.1, 0.15) is 0 Å². The van der Waals surface area contributed by atoms with Crippen molar-refractivity contribution < 1.29 is 4.79 Å². The average molecular weight is 279 g/mol. The van der Waals surface area contributed by atoms with E-state index in [0.717, 1.165) is 34.7 Å². The highest BCUT2D eigenvalue weighted by molar-refractivity contribution is 6.00. The molecule has 0 aromatic heterocycles. The first-order valence-corrected chi connectivity index (χ1v) is 6.82. The Bertz CT molecular complexity index is 704. The first kappa shape index (κ1) is 13.2. The Hall–Kier alpha value is -2.75. The van der Waals surface area contributed by atoms with Crippen LogP contribution in [0.25, 0.3) is 0 Å². The predicted molar refractivity (Wildman–Crippen MR) is 86.7 cm³/mol. The maximum absolute atomic E-state index is 12.0. The van der Waals surface area contributed by atoms with Gasteiger partial charge in [-0.2, -0.15) is 0 Å². The summed E-state index contributed by atoms with van der Waals surface area (Å²) in [6.45, 7) is 5.92. The molecule has 0 bridgehead atoms. The molecule has 0 spiro atoms. The summed E-state index contributed by atoms with van der Waals surface area (Å²) in [5.41, 5.74) is 5.86. The maximum Gasteiger partial charge on any atom is 0.323 e. The van der Waals surface area contributed by atoms with E-state index >= 15 is 0 Å². The number of anilines is 3. The third-order valence-electron chi connectivity index (χ3n) is 3.39. The molecule has 0 atom stereocenters. The first-order valence-electron chi connectivity index (χ1n) is 6.82. The molecule has 1 aliphatic rings. The molecule has 1 heterocycles. The second-order valence-corrected chi connectivity index (χ2v) is 5.22. The van der Waals surface area contributed by atoms with Gasteiger partial charge >= 0.3 is 6.03 Å². The highest BCUT2D eigenvalue weighted by Crippen LogP contribution is 2.29. The van der Waals surface area contributed by atoms with Crippen LogP contribution in [0.2, 0.25) is 0 Å². The normalized spacial score (nSPS) is 12.5. The lowest BCUT2D eigenvalue weighted by Crippen LogP contribution is -2.19. The minimum absolute atomic E-state index is 0.254. The summed E-state index contributed by atoms with van der Waals surface area (Å²) in [6.07, 6.45) is 0.838. The van der Waals surface area contributed by atoms with Crippen LogP contribution in [-0.4, -0.2) is 6.03 Å². The van der Waals surface area contributed by atoms with Gasteiger partial charge in [0.15, 0.2) is 0 Å².